The van der Waals surface area contributed by atoms with Gasteiger partial charge >= 0.3 is 0 Å². The zero-order valence-electron chi connectivity index (χ0n) is 11.2. The van der Waals surface area contributed by atoms with E-state index >= 15 is 0 Å². The van der Waals surface area contributed by atoms with Crippen molar-refractivity contribution in [3.63, 3.8) is 0 Å². The number of rotatable bonds is 3. The molecule has 19 heavy (non-hydrogen) atoms. The standard InChI is InChI=1S/C15H16N2OS/c1-9(2)18-12-6-4-5-11(7-12)15-10(3)14(17)13(8-16)19-15/h4-7,9H,17H2,1-3H3. The summed E-state index contributed by atoms with van der Waals surface area (Å²) >= 11 is 1.43. The van der Waals surface area contributed by atoms with Crippen molar-refractivity contribution in [2.75, 3.05) is 5.73 Å². The van der Waals surface area contributed by atoms with Gasteiger partial charge in [0.15, 0.2) is 0 Å². The van der Waals surface area contributed by atoms with E-state index in [4.69, 9.17) is 15.7 Å². The summed E-state index contributed by atoms with van der Waals surface area (Å²) in [4.78, 5) is 1.60. The Balaban J connectivity index is 2.45. The second kappa shape index (κ2) is 5.33. The van der Waals surface area contributed by atoms with Crippen LogP contribution in [0.5, 0.6) is 5.75 Å². The summed E-state index contributed by atoms with van der Waals surface area (Å²) in [7, 11) is 0. The quantitative estimate of drug-likeness (QED) is 0.919. The van der Waals surface area contributed by atoms with E-state index in [1.165, 1.54) is 11.3 Å². The van der Waals surface area contributed by atoms with E-state index in [1.54, 1.807) is 0 Å². The van der Waals surface area contributed by atoms with Gasteiger partial charge in [-0.1, -0.05) is 12.1 Å². The van der Waals surface area contributed by atoms with Crippen molar-refractivity contribution in [1.29, 1.82) is 5.26 Å². The molecular formula is C15H16N2OS. The minimum atomic E-state index is 0.138. The molecule has 1 heterocycles. The van der Waals surface area contributed by atoms with Crippen LogP contribution in [0.1, 0.15) is 24.3 Å². The van der Waals surface area contributed by atoms with Crippen molar-refractivity contribution in [3.8, 4) is 22.3 Å². The van der Waals surface area contributed by atoms with Gasteiger partial charge in [0.2, 0.25) is 0 Å². The average Bonchev–Trinajstić information content (AvgIpc) is 2.65. The Morgan fingerprint density at radius 1 is 1.37 bits per heavy atom. The fourth-order valence-electron chi connectivity index (χ4n) is 1.87. The molecule has 4 heteroatoms. The van der Waals surface area contributed by atoms with Gasteiger partial charge in [-0.2, -0.15) is 5.26 Å². The summed E-state index contributed by atoms with van der Waals surface area (Å²) in [6.07, 6.45) is 0.138. The van der Waals surface area contributed by atoms with Crippen molar-refractivity contribution < 1.29 is 4.74 Å². The van der Waals surface area contributed by atoms with E-state index in [1.807, 2.05) is 45.0 Å². The smallest absolute Gasteiger partial charge is 0.128 e. The molecule has 2 N–H and O–H groups in total. The van der Waals surface area contributed by atoms with E-state index in [0.717, 1.165) is 21.8 Å². The Labute approximate surface area is 117 Å². The molecule has 0 aliphatic rings. The van der Waals surface area contributed by atoms with Crippen molar-refractivity contribution in [2.24, 2.45) is 0 Å². The number of ether oxygens (including phenoxy) is 1. The number of nitrogens with zero attached hydrogens (tertiary/aromatic N) is 1. The molecule has 0 spiro atoms. The lowest BCUT2D eigenvalue weighted by molar-refractivity contribution is 0.242. The lowest BCUT2D eigenvalue weighted by atomic mass is 10.1. The van der Waals surface area contributed by atoms with Crippen LogP contribution in [-0.4, -0.2) is 6.10 Å². The highest BCUT2D eigenvalue weighted by Crippen LogP contribution is 2.38. The summed E-state index contributed by atoms with van der Waals surface area (Å²) in [5.41, 5.74) is 8.51. The summed E-state index contributed by atoms with van der Waals surface area (Å²) in [5.74, 6) is 0.831. The van der Waals surface area contributed by atoms with E-state index in [0.29, 0.717) is 10.6 Å². The van der Waals surface area contributed by atoms with Crippen LogP contribution in [0, 0.1) is 18.3 Å². The third-order valence-electron chi connectivity index (χ3n) is 2.76. The molecule has 0 radical (unpaired) electrons. The van der Waals surface area contributed by atoms with Gasteiger partial charge in [-0.3, -0.25) is 0 Å². The summed E-state index contributed by atoms with van der Waals surface area (Å²) in [6, 6.07) is 10.0. The van der Waals surface area contributed by atoms with Crippen LogP contribution >= 0.6 is 11.3 Å². The highest BCUT2D eigenvalue weighted by Gasteiger charge is 2.14. The van der Waals surface area contributed by atoms with Crippen LogP contribution in [0.25, 0.3) is 10.4 Å². The molecule has 0 unspecified atom stereocenters. The van der Waals surface area contributed by atoms with Gasteiger partial charge in [0.25, 0.3) is 0 Å². The molecule has 0 aliphatic heterocycles. The van der Waals surface area contributed by atoms with Gasteiger partial charge in [0.05, 0.1) is 11.8 Å². The second-order valence-corrected chi connectivity index (χ2v) is 5.63. The highest BCUT2D eigenvalue weighted by molar-refractivity contribution is 7.16. The zero-order valence-corrected chi connectivity index (χ0v) is 12.0. The number of hydrogen-bond acceptors (Lipinski definition) is 4. The maximum atomic E-state index is 9.03. The fourth-order valence-corrected chi connectivity index (χ4v) is 2.89. The molecule has 0 bridgehead atoms. The molecule has 0 saturated carbocycles. The first kappa shape index (κ1) is 13.4. The molecule has 98 valence electrons. The predicted octanol–water partition coefficient (Wildman–Crippen LogP) is 3.96. The van der Waals surface area contributed by atoms with E-state index in [2.05, 4.69) is 6.07 Å². The number of nitriles is 1. The first-order valence-corrected chi connectivity index (χ1v) is 6.90. The summed E-state index contributed by atoms with van der Waals surface area (Å²) in [5, 5.41) is 9.03. The van der Waals surface area contributed by atoms with E-state index < -0.39 is 0 Å². The maximum Gasteiger partial charge on any atom is 0.128 e. The first-order valence-electron chi connectivity index (χ1n) is 6.09. The molecule has 1 aromatic heterocycles. The molecule has 1 aromatic carbocycles. The van der Waals surface area contributed by atoms with Crippen LogP contribution in [0.15, 0.2) is 24.3 Å². The fraction of sp³-hybridized carbons (Fsp3) is 0.267. The van der Waals surface area contributed by atoms with E-state index in [-0.39, 0.29) is 6.10 Å². The predicted molar refractivity (Wildman–Crippen MR) is 79.4 cm³/mol. The van der Waals surface area contributed by atoms with Gasteiger partial charge in [-0.25, -0.2) is 0 Å². The Hall–Kier alpha value is -1.99. The number of thiophene rings is 1. The molecule has 0 atom stereocenters. The largest absolute Gasteiger partial charge is 0.491 e. The van der Waals surface area contributed by atoms with Gasteiger partial charge in [-0.15, -0.1) is 11.3 Å². The number of nitrogens with two attached hydrogens (primary N) is 1. The second-order valence-electron chi connectivity index (χ2n) is 4.61. The van der Waals surface area contributed by atoms with Gasteiger partial charge in [0, 0.05) is 4.88 Å². The molecule has 3 nitrogen and oxygen atoms in total. The van der Waals surface area contributed by atoms with Crippen LogP contribution in [0.2, 0.25) is 0 Å². The Morgan fingerprint density at radius 2 is 2.11 bits per heavy atom. The normalized spacial score (nSPS) is 10.5. The third kappa shape index (κ3) is 2.72. The maximum absolute atomic E-state index is 9.03. The Bertz CT molecular complexity index is 638. The molecule has 2 aromatic rings. The average molecular weight is 272 g/mol. The summed E-state index contributed by atoms with van der Waals surface area (Å²) in [6.45, 7) is 5.93. The molecule has 2 rings (SSSR count). The number of hydrogen-bond donors (Lipinski definition) is 1. The third-order valence-corrected chi connectivity index (χ3v) is 4.02. The van der Waals surface area contributed by atoms with Gasteiger partial charge in [-0.05, 0) is 44.0 Å². The monoisotopic (exact) mass is 272 g/mol. The van der Waals surface area contributed by atoms with Gasteiger partial charge in [0.1, 0.15) is 16.7 Å². The Kier molecular flexibility index (Phi) is 3.77. The molecule has 0 aliphatic carbocycles. The van der Waals surface area contributed by atoms with Crippen molar-refractivity contribution in [3.05, 3.63) is 34.7 Å². The van der Waals surface area contributed by atoms with E-state index in [9.17, 15) is 0 Å². The zero-order chi connectivity index (χ0) is 14.0. The number of benzene rings is 1. The minimum Gasteiger partial charge on any atom is -0.491 e. The van der Waals surface area contributed by atoms with Gasteiger partial charge < -0.3 is 10.5 Å². The minimum absolute atomic E-state index is 0.138. The number of anilines is 1. The highest BCUT2D eigenvalue weighted by atomic mass is 32.1. The lowest BCUT2D eigenvalue weighted by Gasteiger charge is -2.10. The lowest BCUT2D eigenvalue weighted by Crippen LogP contribution is -2.05. The summed E-state index contributed by atoms with van der Waals surface area (Å²) < 4.78 is 5.69. The van der Waals surface area contributed by atoms with Crippen LogP contribution in [0.4, 0.5) is 5.69 Å². The van der Waals surface area contributed by atoms with Crippen LogP contribution < -0.4 is 10.5 Å². The molecular weight excluding hydrogens is 256 g/mol. The van der Waals surface area contributed by atoms with Crippen molar-refractivity contribution in [2.45, 2.75) is 26.9 Å². The molecule has 0 amide bonds. The van der Waals surface area contributed by atoms with Crippen LogP contribution in [-0.2, 0) is 0 Å². The number of nitrogen functional groups attached to an aromatic ring is 1. The van der Waals surface area contributed by atoms with Crippen LogP contribution in [0.3, 0.4) is 0 Å². The Morgan fingerprint density at radius 3 is 2.68 bits per heavy atom. The molecule has 0 fully saturated rings. The SMILES string of the molecule is Cc1c(-c2cccc(OC(C)C)c2)sc(C#N)c1N. The van der Waals surface area contributed by atoms with Crippen molar-refractivity contribution >= 4 is 17.0 Å². The van der Waals surface area contributed by atoms with Crippen molar-refractivity contribution in [1.82, 2.24) is 0 Å². The first-order chi connectivity index (χ1) is 9.02. The molecule has 0 saturated heterocycles. The topological polar surface area (TPSA) is 59.0 Å².